The van der Waals surface area contributed by atoms with Gasteiger partial charge in [-0.3, -0.25) is 4.79 Å². The van der Waals surface area contributed by atoms with Gasteiger partial charge in [0.1, 0.15) is 5.41 Å². The van der Waals surface area contributed by atoms with E-state index in [2.05, 4.69) is 37.9 Å². The predicted molar refractivity (Wildman–Crippen MR) is 89.7 cm³/mol. The van der Waals surface area contributed by atoms with Crippen LogP contribution in [0.5, 0.6) is 0 Å². The predicted octanol–water partition coefficient (Wildman–Crippen LogP) is 3.56. The number of hydrogen-bond donors (Lipinski definition) is 4. The maximum Gasteiger partial charge on any atom is 0.319 e. The van der Waals surface area contributed by atoms with Crippen molar-refractivity contribution < 1.29 is 9.90 Å². The number of thiol groups is 3. The molecule has 0 unspecified atom stereocenters. The minimum absolute atomic E-state index is 0.150. The molecule has 0 saturated carbocycles. The molecule has 0 aromatic heterocycles. The summed E-state index contributed by atoms with van der Waals surface area (Å²) in [5.74, 6) is -0.790. The van der Waals surface area contributed by atoms with Crippen LogP contribution in [0, 0.1) is 0 Å². The molecule has 0 atom stereocenters. The fourth-order valence-electron chi connectivity index (χ4n) is 2.21. The van der Waals surface area contributed by atoms with Crippen molar-refractivity contribution in [2.24, 2.45) is 0 Å². The maximum absolute atomic E-state index is 12.0. The molecule has 5 heteroatoms. The molecule has 104 valence electrons. The van der Waals surface area contributed by atoms with E-state index in [1.165, 1.54) is 0 Å². The Morgan fingerprint density at radius 2 is 1.45 bits per heavy atom. The zero-order valence-electron chi connectivity index (χ0n) is 10.5. The summed E-state index contributed by atoms with van der Waals surface area (Å²) >= 11 is 12.9. The standard InChI is InChI=1S/C15H14O2S3/c16-14(17)15(9-18,10-3-1-5-12(19)7-10)11-4-2-6-13(20)8-11/h1-8,18-20H,9H2,(H,16,17). The molecular weight excluding hydrogens is 308 g/mol. The molecule has 0 saturated heterocycles. The molecule has 1 N–H and O–H groups in total. The van der Waals surface area contributed by atoms with Crippen LogP contribution in [0.2, 0.25) is 0 Å². The molecule has 0 bridgehead atoms. The van der Waals surface area contributed by atoms with Crippen LogP contribution in [0.25, 0.3) is 0 Å². The molecule has 2 aromatic rings. The smallest absolute Gasteiger partial charge is 0.319 e. The van der Waals surface area contributed by atoms with Gasteiger partial charge in [0.15, 0.2) is 0 Å². The normalized spacial score (nSPS) is 11.3. The van der Waals surface area contributed by atoms with Crippen LogP contribution in [-0.2, 0) is 10.2 Å². The molecule has 20 heavy (non-hydrogen) atoms. The van der Waals surface area contributed by atoms with Gasteiger partial charge in [0.25, 0.3) is 0 Å². The third-order valence-electron chi connectivity index (χ3n) is 3.28. The molecule has 0 aliphatic carbocycles. The van der Waals surface area contributed by atoms with Crippen LogP contribution in [0.1, 0.15) is 11.1 Å². The molecule has 0 amide bonds. The largest absolute Gasteiger partial charge is 0.480 e. The summed E-state index contributed by atoms with van der Waals surface area (Å²) in [7, 11) is 0. The van der Waals surface area contributed by atoms with E-state index in [1.807, 2.05) is 12.1 Å². The highest BCUT2D eigenvalue weighted by atomic mass is 32.1. The Kier molecular flexibility index (Phi) is 4.73. The summed E-state index contributed by atoms with van der Waals surface area (Å²) in [6.45, 7) is 0. The topological polar surface area (TPSA) is 37.3 Å². The van der Waals surface area contributed by atoms with Gasteiger partial charge in [-0.15, -0.1) is 25.3 Å². The van der Waals surface area contributed by atoms with Gasteiger partial charge in [0.2, 0.25) is 0 Å². The molecule has 0 aliphatic rings. The lowest BCUT2D eigenvalue weighted by molar-refractivity contribution is -0.141. The van der Waals surface area contributed by atoms with Gasteiger partial charge in [-0.25, -0.2) is 0 Å². The average molecular weight is 322 g/mol. The molecule has 0 fully saturated rings. The van der Waals surface area contributed by atoms with Crippen LogP contribution >= 0.6 is 37.9 Å². The highest BCUT2D eigenvalue weighted by molar-refractivity contribution is 7.80. The summed E-state index contributed by atoms with van der Waals surface area (Å²) in [6, 6.07) is 14.3. The third kappa shape index (κ3) is 2.71. The number of carbonyl (C=O) groups is 1. The summed E-state index contributed by atoms with van der Waals surface area (Å²) in [5, 5.41) is 9.81. The molecule has 0 spiro atoms. The van der Waals surface area contributed by atoms with Gasteiger partial charge in [-0.2, -0.15) is 12.6 Å². The molecule has 0 aliphatic heterocycles. The zero-order chi connectivity index (χ0) is 14.8. The number of rotatable bonds is 4. The number of benzene rings is 2. The molecular formula is C15H14O2S3. The van der Waals surface area contributed by atoms with Crippen molar-refractivity contribution in [3.63, 3.8) is 0 Å². The van der Waals surface area contributed by atoms with Crippen molar-refractivity contribution in [1.82, 2.24) is 0 Å². The van der Waals surface area contributed by atoms with Gasteiger partial charge < -0.3 is 5.11 Å². The van der Waals surface area contributed by atoms with Gasteiger partial charge in [0, 0.05) is 15.5 Å². The second kappa shape index (κ2) is 6.16. The van der Waals surface area contributed by atoms with Crippen LogP contribution in [0.3, 0.4) is 0 Å². The Labute approximate surface area is 134 Å². The van der Waals surface area contributed by atoms with Gasteiger partial charge in [-0.1, -0.05) is 24.3 Å². The van der Waals surface area contributed by atoms with E-state index < -0.39 is 11.4 Å². The van der Waals surface area contributed by atoms with E-state index in [0.29, 0.717) is 11.1 Å². The minimum atomic E-state index is -1.21. The fourth-order valence-corrected chi connectivity index (χ4v) is 3.16. The van der Waals surface area contributed by atoms with Crippen molar-refractivity contribution >= 4 is 43.9 Å². The van der Waals surface area contributed by atoms with E-state index in [4.69, 9.17) is 0 Å². The molecule has 0 radical (unpaired) electrons. The molecule has 0 heterocycles. The fraction of sp³-hybridized carbons (Fsp3) is 0.133. The first-order valence-electron chi connectivity index (χ1n) is 5.94. The number of hydrogen-bond acceptors (Lipinski definition) is 4. The van der Waals surface area contributed by atoms with Crippen LogP contribution in [0.15, 0.2) is 58.3 Å². The van der Waals surface area contributed by atoms with Crippen LogP contribution in [-0.4, -0.2) is 16.8 Å². The van der Waals surface area contributed by atoms with E-state index in [1.54, 1.807) is 36.4 Å². The van der Waals surface area contributed by atoms with Crippen molar-refractivity contribution in [2.75, 3.05) is 5.75 Å². The lowest BCUT2D eigenvalue weighted by Crippen LogP contribution is -2.39. The van der Waals surface area contributed by atoms with Crippen molar-refractivity contribution in [3.8, 4) is 0 Å². The summed E-state index contributed by atoms with van der Waals surface area (Å²) in [6.07, 6.45) is 0. The Hall–Kier alpha value is -1.04. The monoisotopic (exact) mass is 322 g/mol. The van der Waals surface area contributed by atoms with Crippen molar-refractivity contribution in [3.05, 3.63) is 59.7 Å². The van der Waals surface area contributed by atoms with Crippen molar-refractivity contribution in [2.45, 2.75) is 15.2 Å². The number of carboxylic acid groups (broad SMARTS) is 1. The quantitative estimate of drug-likeness (QED) is 0.650. The zero-order valence-corrected chi connectivity index (χ0v) is 13.2. The first-order valence-corrected chi connectivity index (χ1v) is 7.46. The van der Waals surface area contributed by atoms with Crippen LogP contribution in [0.4, 0.5) is 0 Å². The van der Waals surface area contributed by atoms with E-state index in [0.717, 1.165) is 9.79 Å². The lowest BCUT2D eigenvalue weighted by Gasteiger charge is -2.29. The van der Waals surface area contributed by atoms with Gasteiger partial charge >= 0.3 is 5.97 Å². The Balaban J connectivity index is 2.71. The number of carboxylic acids is 1. The Morgan fingerprint density at radius 3 is 1.75 bits per heavy atom. The lowest BCUT2D eigenvalue weighted by atomic mass is 9.76. The highest BCUT2D eigenvalue weighted by Crippen LogP contribution is 2.35. The first kappa shape index (κ1) is 15.4. The number of aliphatic carboxylic acids is 1. The molecule has 2 aromatic carbocycles. The minimum Gasteiger partial charge on any atom is -0.480 e. The molecule has 2 rings (SSSR count). The third-order valence-corrected chi connectivity index (χ3v) is 4.31. The van der Waals surface area contributed by atoms with E-state index in [9.17, 15) is 9.90 Å². The first-order chi connectivity index (χ1) is 9.50. The van der Waals surface area contributed by atoms with Crippen LogP contribution < -0.4 is 0 Å². The summed E-state index contributed by atoms with van der Waals surface area (Å²) < 4.78 is 0. The maximum atomic E-state index is 12.0. The SMILES string of the molecule is O=C(O)C(CS)(c1cccc(S)c1)c1cccc(S)c1. The van der Waals surface area contributed by atoms with Gasteiger partial charge in [0.05, 0.1) is 0 Å². The highest BCUT2D eigenvalue weighted by Gasteiger charge is 2.41. The molecule has 2 nitrogen and oxygen atoms in total. The Morgan fingerprint density at radius 1 is 1.00 bits per heavy atom. The second-order valence-corrected chi connectivity index (χ2v) is 5.82. The van der Waals surface area contributed by atoms with E-state index >= 15 is 0 Å². The summed E-state index contributed by atoms with van der Waals surface area (Å²) in [4.78, 5) is 13.4. The summed E-state index contributed by atoms with van der Waals surface area (Å²) in [5.41, 5.74) is 0.110. The average Bonchev–Trinajstić information content (AvgIpc) is 2.40. The van der Waals surface area contributed by atoms with Crippen molar-refractivity contribution in [1.29, 1.82) is 0 Å². The Bertz CT molecular complexity index is 595. The van der Waals surface area contributed by atoms with Gasteiger partial charge in [-0.05, 0) is 35.4 Å². The second-order valence-electron chi connectivity index (χ2n) is 4.47. The van der Waals surface area contributed by atoms with E-state index in [-0.39, 0.29) is 5.75 Å².